The van der Waals surface area contributed by atoms with Crippen LogP contribution in [0.15, 0.2) is 357 Å². The van der Waals surface area contributed by atoms with Crippen LogP contribution in [0.4, 0.5) is 0 Å². The first-order chi connectivity index (χ1) is 59.1. The van der Waals surface area contributed by atoms with Crippen molar-refractivity contribution >= 4 is 177 Å². The Labute approximate surface area is 798 Å². The second-order valence-corrected chi connectivity index (χ2v) is 46.6. The van der Waals surface area contributed by atoms with Crippen LogP contribution in [-0.4, -0.2) is 130 Å². The third kappa shape index (κ3) is 54.4. The zero-order valence-corrected chi connectivity index (χ0v) is 88.9. The van der Waals surface area contributed by atoms with Gasteiger partial charge in [0.25, 0.3) is 0 Å². The summed E-state index contributed by atoms with van der Waals surface area (Å²) >= 11 is 4.09. The Hall–Kier alpha value is -3.86. The molecule has 11 aromatic rings. The molecule has 0 aromatic heterocycles. The van der Waals surface area contributed by atoms with Crippen LogP contribution >= 0.6 is 124 Å². The van der Waals surface area contributed by atoms with Crippen molar-refractivity contribution in [2.45, 2.75) is 40.0 Å². The van der Waals surface area contributed by atoms with Crippen LogP contribution in [0.3, 0.4) is 0 Å². The standard InChI is InChI=1S/2C28H29NP2.C17H21NP.C10H14.2C5H9N2.C2H6O.CH3.ClH2NP2.5ClH.H3NP2.2Ru/c2*1-5-13-25(14-6-1)30(26-15-7-2-8-16-26)23-21-29-22-24-31(27-17-9-3-10-18-27)28-19-11-4-12-20-28;1-2-13-18-14-15-19(16-9-5-3-6-10-16)17-11-7-4-8-12-17;1-8(2)10-6-4-9(3)5-7-10;2*1-6-3-4-7(2)5-6;1-2-3;;1-2-4-3;;;;;;1-3-2;;/h2*1-20,29H,21-24H2;3-12,18H,1-2,13-15H2;4-8H,1-3H3;2*3-5H,1-2H3;3H,2H2,1H3;1H3;3H2;5*1H;1H,2H2;;/q;;-1;;2*-1;;-1;;;;;;;;+2;+4/p-3. The quantitative estimate of drug-likeness (QED) is 0.0144. The monoisotopic (exact) mass is 2110 g/mol. The van der Waals surface area contributed by atoms with Crippen molar-refractivity contribution in [2.24, 2.45) is 4.26 Å². The average Bonchev–Trinajstić information content (AvgIpc) is 1.10. The van der Waals surface area contributed by atoms with E-state index in [0.717, 1.165) is 53.0 Å². The number of nitrogens with one attached hydrogen (secondary N) is 3. The number of nitrogens with zero attached hydrogens (tertiary/aromatic N) is 5. The summed E-state index contributed by atoms with van der Waals surface area (Å²) in [5, 5.41) is 38.2. The van der Waals surface area contributed by atoms with E-state index in [2.05, 4.69) is 393 Å². The third-order valence-corrected chi connectivity index (χ3v) is 31.5. The van der Waals surface area contributed by atoms with Crippen LogP contribution in [0.25, 0.3) is 0 Å². The molecule has 0 fully saturated rings. The minimum atomic E-state index is -0.663. The molecule has 6 N–H and O–H groups in total. The molecular weight excluding hydrogens is 1990 g/mol. The first kappa shape index (κ1) is 117. The topological polar surface area (TPSA) is 110 Å². The van der Waals surface area contributed by atoms with E-state index in [9.17, 15) is 0 Å². The van der Waals surface area contributed by atoms with Crippen molar-refractivity contribution < 1.29 is 53.1 Å². The van der Waals surface area contributed by atoms with Gasteiger partial charge in [-0.1, -0.05) is 341 Å². The number of nitrogens with two attached hydrogens (primary N) is 1. The van der Waals surface area contributed by atoms with Gasteiger partial charge in [-0.15, -0.1) is 0 Å². The number of aliphatic hydroxyl groups is 1. The van der Waals surface area contributed by atoms with Gasteiger partial charge < -0.3 is 67.4 Å². The van der Waals surface area contributed by atoms with Crippen LogP contribution in [0, 0.1) is 39.8 Å². The van der Waals surface area contributed by atoms with E-state index in [1.165, 1.54) is 95.7 Å². The Morgan fingerprint density at radius 1 is 0.472 bits per heavy atom. The molecule has 0 bridgehead atoms. The smallest absolute Gasteiger partial charge is 0.0801 e. The van der Waals surface area contributed by atoms with Crippen LogP contribution < -0.4 is 81.4 Å². The Kier molecular flexibility index (Phi) is 75.4. The van der Waals surface area contributed by atoms with E-state index in [0.29, 0.717) is 14.0 Å². The molecule has 2 atom stereocenters. The first-order valence-electron chi connectivity index (χ1n) is 39.7. The van der Waals surface area contributed by atoms with E-state index in [4.69, 9.17) is 60.8 Å². The largest absolute Gasteiger partial charge is 0.346 e. The summed E-state index contributed by atoms with van der Waals surface area (Å²) in [6, 6.07) is 119. The predicted octanol–water partition coefficient (Wildman–Crippen LogP) is 19.1. The minimum absolute atomic E-state index is 0. The molecule has 0 saturated heterocycles. The Morgan fingerprint density at radius 2 is 0.691 bits per heavy atom. The van der Waals surface area contributed by atoms with E-state index < -0.39 is 7.92 Å². The molecule has 0 spiro atoms. The molecule has 2 unspecified atom stereocenters. The molecule has 0 aliphatic carbocycles. The Bertz CT molecular complexity index is 3720. The molecule has 2 aliphatic rings. The molecule has 10 nitrogen and oxygen atoms in total. The second kappa shape index (κ2) is 79.1. The summed E-state index contributed by atoms with van der Waals surface area (Å²) in [7, 11) is 31.4. The van der Waals surface area contributed by atoms with Crippen LogP contribution in [0.5, 0.6) is 0 Å². The molecule has 13 rings (SSSR count). The van der Waals surface area contributed by atoms with E-state index in [1.807, 2.05) is 85.9 Å². The molecule has 27 heteroatoms. The number of benzene rings is 11. The van der Waals surface area contributed by atoms with E-state index in [-0.39, 0.29) is 88.4 Å². The number of halogens is 6. The molecule has 2 heterocycles. The maximum absolute atomic E-state index is 7.57. The van der Waals surface area contributed by atoms with Gasteiger partial charge in [-0.3, -0.25) is 5.16 Å². The molecular formula is C96H127Cl6N9OP9Ru2-. The normalized spacial score (nSPS) is 11.3. The van der Waals surface area contributed by atoms with Gasteiger partial charge in [0.05, 0.1) is 37.8 Å². The first-order valence-corrected chi connectivity index (χ1v) is 61.8. The summed E-state index contributed by atoms with van der Waals surface area (Å²) < 4.78 is 3.14. The Balaban J connectivity index is 0.000000758. The number of aliphatic hydroxyl groups excluding tert-OH is 1. The maximum atomic E-state index is 7.57. The summed E-state index contributed by atoms with van der Waals surface area (Å²) in [6.07, 6.45) is 14.9. The molecule has 0 amide bonds. The van der Waals surface area contributed by atoms with Crippen molar-refractivity contribution in [3.8, 4) is 0 Å². The average molecular weight is 2120 g/mol. The molecule has 666 valence electrons. The second-order valence-electron chi connectivity index (χ2n) is 26.8. The van der Waals surface area contributed by atoms with Gasteiger partial charge >= 0.3 is 69.1 Å². The third-order valence-electron chi connectivity index (χ3n) is 17.4. The minimum Gasteiger partial charge on any atom is -0.346 e. The van der Waals surface area contributed by atoms with E-state index >= 15 is 0 Å². The number of aryl methyl sites for hydroxylation is 1. The fourth-order valence-corrected chi connectivity index (χ4v) is 23.6. The predicted molar refractivity (Wildman–Crippen MR) is 559 cm³/mol. The fourth-order valence-electron chi connectivity index (χ4n) is 11.9. The Morgan fingerprint density at radius 3 is 0.894 bits per heavy atom. The summed E-state index contributed by atoms with van der Waals surface area (Å²) in [5.74, 6) is 0.653. The van der Waals surface area contributed by atoms with Gasteiger partial charge in [-0.25, -0.2) is 0 Å². The number of hydrogen-bond donors (Lipinski definition) is 5. The maximum Gasteiger partial charge on any atom is 0.0801 e. The molecule has 11 aromatic carbocycles. The van der Waals surface area contributed by atoms with Gasteiger partial charge in [-0.2, -0.15) is 24.0 Å². The van der Waals surface area contributed by atoms with Crippen LogP contribution in [0.1, 0.15) is 44.2 Å². The summed E-state index contributed by atoms with van der Waals surface area (Å²) in [5.41, 5.74) is 2.76. The van der Waals surface area contributed by atoms with Crippen molar-refractivity contribution in [3.63, 3.8) is 0 Å². The van der Waals surface area contributed by atoms with Gasteiger partial charge in [0, 0.05) is 53.4 Å². The SMILES string of the molecule is CCO.CN1C=CN(C)[CH-]1.CN1C=CN(C)[CH-]1.Cc1ccc(C(C)C)cc1.N=PP.PP=NCl.[CH2-]CCNCC[PH+](c1ccccc1)c1ccccc1.[CH3-].[Cl-].[Cl][Ru+2][Cl].[Cl][Ru][Cl].c1ccc(P(CCNCCP(c2ccccc2)c2ccccc2)c2ccccc2)cc1.c1ccc(P(CC[NH2+]CCP(c2ccccc2)c2ccccc2)c2ccccc2)cc1. The van der Waals surface area contributed by atoms with Crippen molar-refractivity contribution in [1.82, 2.24) is 30.2 Å². The molecule has 0 saturated carbocycles. The van der Waals surface area contributed by atoms with Gasteiger partial charge in [0.2, 0.25) is 0 Å². The van der Waals surface area contributed by atoms with Gasteiger partial charge in [0.15, 0.2) is 0 Å². The zero-order chi connectivity index (χ0) is 88.0. The molecule has 123 heavy (non-hydrogen) atoms. The molecule has 2 aliphatic heterocycles. The van der Waals surface area contributed by atoms with Crippen molar-refractivity contribution in [1.29, 1.82) is 5.16 Å². The summed E-state index contributed by atoms with van der Waals surface area (Å²) in [4.78, 5) is 8.00. The molecule has 0 radical (unpaired) electrons. The van der Waals surface area contributed by atoms with Gasteiger partial charge in [0.1, 0.15) is 0 Å². The van der Waals surface area contributed by atoms with E-state index in [1.54, 1.807) is 6.92 Å². The number of hydrogen-bond acceptors (Lipinski definition) is 9. The van der Waals surface area contributed by atoms with Crippen molar-refractivity contribution in [2.75, 3.05) is 105 Å². The van der Waals surface area contributed by atoms with Crippen molar-refractivity contribution in [3.05, 3.63) is 391 Å². The van der Waals surface area contributed by atoms with Crippen LogP contribution in [0.2, 0.25) is 0 Å². The summed E-state index contributed by atoms with van der Waals surface area (Å²) in [6.45, 7) is 22.9. The van der Waals surface area contributed by atoms with Gasteiger partial charge in [-0.05, 0) is 209 Å². The van der Waals surface area contributed by atoms with Crippen LogP contribution in [-0.2, 0) is 30.3 Å². The number of quaternary nitrogens is 1. The fraction of sp³-hybridized carbons (Fsp3) is 0.229. The zero-order valence-electron chi connectivity index (χ0n) is 72.2. The number of rotatable bonds is 28.